The van der Waals surface area contributed by atoms with Gasteiger partial charge in [-0.05, 0) is 52.4 Å². The number of hydrogen-bond donors (Lipinski definition) is 2. The first kappa shape index (κ1) is 18.8. The second-order valence-corrected chi connectivity index (χ2v) is 8.24. The van der Waals surface area contributed by atoms with E-state index in [9.17, 15) is 8.42 Å². The summed E-state index contributed by atoms with van der Waals surface area (Å²) in [6, 6.07) is 0.446. The van der Waals surface area contributed by atoms with Gasteiger partial charge in [-0.2, -0.15) is 12.7 Å². The molecule has 0 aliphatic carbocycles. The number of nitrogens with zero attached hydrogens (tertiary/aromatic N) is 2. The summed E-state index contributed by atoms with van der Waals surface area (Å²) in [5.74, 6) is 0.416. The molecule has 126 valence electrons. The third-order valence-corrected chi connectivity index (χ3v) is 5.28. The van der Waals surface area contributed by atoms with Crippen LogP contribution < -0.4 is 10.0 Å². The minimum absolute atomic E-state index is 0.416. The molecule has 0 amide bonds. The molecule has 21 heavy (non-hydrogen) atoms. The first-order chi connectivity index (χ1) is 9.81. The third-order valence-electron chi connectivity index (χ3n) is 3.70. The molecular weight excluding hydrogens is 288 g/mol. The van der Waals surface area contributed by atoms with Crippen LogP contribution in [0.15, 0.2) is 0 Å². The highest BCUT2D eigenvalue weighted by atomic mass is 32.2. The topological polar surface area (TPSA) is 64.7 Å². The molecule has 0 bridgehead atoms. The van der Waals surface area contributed by atoms with Crippen LogP contribution in [0.4, 0.5) is 0 Å². The lowest BCUT2D eigenvalue weighted by atomic mass is 9.99. The van der Waals surface area contributed by atoms with Crippen LogP contribution >= 0.6 is 0 Å². The highest BCUT2D eigenvalue weighted by molar-refractivity contribution is 7.87. The largest absolute Gasteiger partial charge is 0.314 e. The van der Waals surface area contributed by atoms with Gasteiger partial charge in [0.1, 0.15) is 0 Å². The van der Waals surface area contributed by atoms with Crippen LogP contribution in [0.5, 0.6) is 0 Å². The average Bonchev–Trinajstić information content (AvgIpc) is 2.41. The van der Waals surface area contributed by atoms with Gasteiger partial charge in [-0.1, -0.05) is 13.8 Å². The summed E-state index contributed by atoms with van der Waals surface area (Å²) in [6.45, 7) is 7.79. The molecular formula is C14H32N4O2S. The average molecular weight is 321 g/mol. The zero-order valence-corrected chi connectivity index (χ0v) is 14.7. The lowest BCUT2D eigenvalue weighted by molar-refractivity contribution is 0.254. The van der Waals surface area contributed by atoms with Crippen molar-refractivity contribution in [2.75, 3.05) is 46.8 Å². The van der Waals surface area contributed by atoms with E-state index < -0.39 is 10.2 Å². The predicted octanol–water partition coefficient (Wildman–Crippen LogP) is 0.483. The summed E-state index contributed by atoms with van der Waals surface area (Å²) in [7, 11) is 0.667. The van der Waals surface area contributed by atoms with Crippen LogP contribution in [0.1, 0.15) is 33.1 Å². The van der Waals surface area contributed by atoms with E-state index in [1.807, 2.05) is 14.1 Å². The first-order valence-electron chi connectivity index (χ1n) is 7.94. The highest BCUT2D eigenvalue weighted by Crippen LogP contribution is 2.18. The van der Waals surface area contributed by atoms with Crippen molar-refractivity contribution in [2.45, 2.75) is 39.2 Å². The fourth-order valence-corrected chi connectivity index (χ4v) is 3.86. The van der Waals surface area contributed by atoms with Crippen molar-refractivity contribution in [3.63, 3.8) is 0 Å². The Morgan fingerprint density at radius 3 is 2.67 bits per heavy atom. The van der Waals surface area contributed by atoms with E-state index in [0.717, 1.165) is 32.4 Å². The fourth-order valence-electron chi connectivity index (χ4n) is 2.50. The van der Waals surface area contributed by atoms with Gasteiger partial charge in [-0.3, -0.25) is 0 Å². The maximum atomic E-state index is 12.3. The molecule has 0 saturated carbocycles. The predicted molar refractivity (Wildman–Crippen MR) is 87.5 cm³/mol. The molecule has 1 saturated heterocycles. The molecule has 1 fully saturated rings. The van der Waals surface area contributed by atoms with Gasteiger partial charge in [0.25, 0.3) is 10.2 Å². The molecule has 2 N–H and O–H groups in total. The molecule has 1 unspecified atom stereocenters. The van der Waals surface area contributed by atoms with E-state index in [2.05, 4.69) is 28.8 Å². The quantitative estimate of drug-likeness (QED) is 0.607. The highest BCUT2D eigenvalue weighted by Gasteiger charge is 2.28. The maximum absolute atomic E-state index is 12.3. The molecule has 0 spiro atoms. The minimum atomic E-state index is -3.32. The summed E-state index contributed by atoms with van der Waals surface area (Å²) in [5, 5.41) is 3.40. The Morgan fingerprint density at radius 2 is 2.05 bits per heavy atom. The van der Waals surface area contributed by atoms with Crippen LogP contribution in [-0.2, 0) is 10.2 Å². The van der Waals surface area contributed by atoms with E-state index in [0.29, 0.717) is 31.6 Å². The van der Waals surface area contributed by atoms with Crippen LogP contribution in [0.2, 0.25) is 0 Å². The Labute approximate surface area is 130 Å². The Kier molecular flexibility index (Phi) is 8.12. The second-order valence-electron chi connectivity index (χ2n) is 6.49. The Bertz CT molecular complexity index is 384. The van der Waals surface area contributed by atoms with Crippen LogP contribution in [0.25, 0.3) is 0 Å². The van der Waals surface area contributed by atoms with Gasteiger partial charge < -0.3 is 10.2 Å². The lowest BCUT2D eigenvalue weighted by Crippen LogP contribution is -2.48. The molecule has 1 aliphatic heterocycles. The number of piperidine rings is 1. The van der Waals surface area contributed by atoms with Crippen molar-refractivity contribution >= 4 is 10.2 Å². The van der Waals surface area contributed by atoms with Crippen molar-refractivity contribution in [2.24, 2.45) is 5.92 Å². The first-order valence-corrected chi connectivity index (χ1v) is 9.38. The van der Waals surface area contributed by atoms with Crippen molar-refractivity contribution < 1.29 is 8.42 Å². The Morgan fingerprint density at radius 1 is 1.33 bits per heavy atom. The van der Waals surface area contributed by atoms with Crippen LogP contribution in [0, 0.1) is 5.92 Å². The zero-order chi connectivity index (χ0) is 15.9. The molecule has 0 radical (unpaired) electrons. The van der Waals surface area contributed by atoms with E-state index in [1.165, 1.54) is 0 Å². The van der Waals surface area contributed by atoms with Crippen molar-refractivity contribution in [1.82, 2.24) is 19.2 Å². The van der Waals surface area contributed by atoms with Gasteiger partial charge in [0.2, 0.25) is 0 Å². The number of nitrogens with one attached hydrogen (secondary N) is 2. The molecule has 1 aliphatic rings. The van der Waals surface area contributed by atoms with Crippen molar-refractivity contribution in [3.8, 4) is 0 Å². The Balaban J connectivity index is 2.39. The van der Waals surface area contributed by atoms with Gasteiger partial charge in [0, 0.05) is 25.7 Å². The molecule has 7 heteroatoms. The molecule has 0 aromatic rings. The summed E-state index contributed by atoms with van der Waals surface area (Å²) < 4.78 is 28.9. The van der Waals surface area contributed by atoms with Crippen LogP contribution in [0.3, 0.4) is 0 Å². The van der Waals surface area contributed by atoms with E-state index in [-0.39, 0.29) is 0 Å². The van der Waals surface area contributed by atoms with Crippen molar-refractivity contribution in [1.29, 1.82) is 0 Å². The normalized spacial score (nSPS) is 21.3. The summed E-state index contributed by atoms with van der Waals surface area (Å²) in [4.78, 5) is 2.06. The molecule has 0 aromatic carbocycles. The molecule has 1 atom stereocenters. The summed E-state index contributed by atoms with van der Waals surface area (Å²) >= 11 is 0. The van der Waals surface area contributed by atoms with E-state index in [1.54, 1.807) is 4.31 Å². The molecule has 1 rings (SSSR count). The van der Waals surface area contributed by atoms with Gasteiger partial charge >= 0.3 is 0 Å². The van der Waals surface area contributed by atoms with Gasteiger partial charge in [0.05, 0.1) is 0 Å². The maximum Gasteiger partial charge on any atom is 0.279 e. The van der Waals surface area contributed by atoms with E-state index in [4.69, 9.17) is 0 Å². The number of rotatable bonds is 9. The number of hydrogen-bond acceptors (Lipinski definition) is 4. The fraction of sp³-hybridized carbons (Fsp3) is 1.00. The van der Waals surface area contributed by atoms with E-state index >= 15 is 0 Å². The van der Waals surface area contributed by atoms with Gasteiger partial charge in [-0.25, -0.2) is 4.72 Å². The van der Waals surface area contributed by atoms with Crippen molar-refractivity contribution in [3.05, 3.63) is 0 Å². The molecule has 6 nitrogen and oxygen atoms in total. The lowest BCUT2D eigenvalue weighted by Gasteiger charge is -2.32. The minimum Gasteiger partial charge on any atom is -0.314 e. The van der Waals surface area contributed by atoms with Gasteiger partial charge in [0.15, 0.2) is 0 Å². The SMILES string of the molecule is CC(C)NCC1CCCN(S(=O)(=O)NCCCN(C)C)C1. The molecule has 1 heterocycles. The summed E-state index contributed by atoms with van der Waals surface area (Å²) in [6.07, 6.45) is 2.88. The smallest absolute Gasteiger partial charge is 0.279 e. The monoisotopic (exact) mass is 320 g/mol. The molecule has 0 aromatic heterocycles. The van der Waals surface area contributed by atoms with Gasteiger partial charge in [-0.15, -0.1) is 0 Å². The third kappa shape index (κ3) is 7.56. The Hall–Kier alpha value is -0.210. The van der Waals surface area contributed by atoms with Crippen LogP contribution in [-0.4, -0.2) is 70.5 Å². The summed E-state index contributed by atoms with van der Waals surface area (Å²) in [5.41, 5.74) is 0. The second kappa shape index (κ2) is 9.05. The standard InChI is InChI=1S/C14H32N4O2S/c1-13(2)15-11-14-7-5-10-18(12-14)21(19,20)16-8-6-9-17(3)4/h13-16H,5-12H2,1-4H3. The zero-order valence-electron chi connectivity index (χ0n) is 13.9.